The van der Waals surface area contributed by atoms with Gasteiger partial charge in [-0.3, -0.25) is 0 Å². The van der Waals surface area contributed by atoms with Crippen LogP contribution in [-0.2, 0) is 12.8 Å². The molecule has 0 bridgehead atoms. The number of halogens is 1. The SMILES string of the molecule is Cc1ccccc1CC(C)NC1CCc2cc(Cl)ccc21. The third kappa shape index (κ3) is 3.30. The second-order valence-corrected chi connectivity index (χ2v) is 6.57. The Hall–Kier alpha value is -1.31. The summed E-state index contributed by atoms with van der Waals surface area (Å²) < 4.78 is 0. The maximum Gasteiger partial charge on any atom is 0.0408 e. The van der Waals surface area contributed by atoms with E-state index in [-0.39, 0.29) is 0 Å². The molecule has 0 saturated carbocycles. The van der Waals surface area contributed by atoms with Crippen LogP contribution in [0, 0.1) is 6.92 Å². The topological polar surface area (TPSA) is 12.0 Å². The molecule has 0 heterocycles. The highest BCUT2D eigenvalue weighted by Crippen LogP contribution is 2.33. The van der Waals surface area contributed by atoms with Gasteiger partial charge in [-0.25, -0.2) is 0 Å². The van der Waals surface area contributed by atoms with Crippen LogP contribution in [0.15, 0.2) is 42.5 Å². The lowest BCUT2D eigenvalue weighted by atomic mass is 10.0. The van der Waals surface area contributed by atoms with Crippen molar-refractivity contribution in [2.45, 2.75) is 45.2 Å². The number of aryl methyl sites for hydroxylation is 2. The van der Waals surface area contributed by atoms with Gasteiger partial charge in [0.2, 0.25) is 0 Å². The van der Waals surface area contributed by atoms with Gasteiger partial charge >= 0.3 is 0 Å². The summed E-state index contributed by atoms with van der Waals surface area (Å²) in [5, 5.41) is 4.64. The molecule has 1 nitrogen and oxygen atoms in total. The Balaban J connectivity index is 1.67. The van der Waals surface area contributed by atoms with E-state index >= 15 is 0 Å². The van der Waals surface area contributed by atoms with Crippen molar-refractivity contribution in [2.75, 3.05) is 0 Å². The third-order valence-corrected chi connectivity index (χ3v) is 4.69. The summed E-state index contributed by atoms with van der Waals surface area (Å²) in [7, 11) is 0. The first-order valence-electron chi connectivity index (χ1n) is 7.72. The molecule has 3 rings (SSSR count). The molecule has 2 aromatic rings. The van der Waals surface area contributed by atoms with Crippen LogP contribution in [0.4, 0.5) is 0 Å². The van der Waals surface area contributed by atoms with Crippen molar-refractivity contribution in [1.29, 1.82) is 0 Å². The minimum atomic E-state index is 0.469. The lowest BCUT2D eigenvalue weighted by Crippen LogP contribution is -2.31. The molecule has 2 aromatic carbocycles. The van der Waals surface area contributed by atoms with E-state index in [2.05, 4.69) is 55.6 Å². The summed E-state index contributed by atoms with van der Waals surface area (Å²) in [5.74, 6) is 0. The summed E-state index contributed by atoms with van der Waals surface area (Å²) in [6.45, 7) is 4.47. The first-order chi connectivity index (χ1) is 10.1. The second-order valence-electron chi connectivity index (χ2n) is 6.13. The Bertz CT molecular complexity index is 635. The number of fused-ring (bicyclic) bond motifs is 1. The largest absolute Gasteiger partial charge is 0.307 e. The van der Waals surface area contributed by atoms with Gasteiger partial charge in [-0.05, 0) is 67.5 Å². The van der Waals surface area contributed by atoms with E-state index in [0.717, 1.165) is 17.9 Å². The Morgan fingerprint density at radius 1 is 1.24 bits per heavy atom. The van der Waals surface area contributed by atoms with Gasteiger partial charge in [0.05, 0.1) is 0 Å². The molecule has 110 valence electrons. The van der Waals surface area contributed by atoms with Crippen molar-refractivity contribution < 1.29 is 0 Å². The van der Waals surface area contributed by atoms with Crippen molar-refractivity contribution in [3.63, 3.8) is 0 Å². The van der Waals surface area contributed by atoms with E-state index < -0.39 is 0 Å². The predicted octanol–water partition coefficient (Wildman–Crippen LogP) is 4.86. The van der Waals surface area contributed by atoms with Crippen LogP contribution in [0.25, 0.3) is 0 Å². The van der Waals surface area contributed by atoms with Crippen LogP contribution < -0.4 is 5.32 Å². The quantitative estimate of drug-likeness (QED) is 0.850. The molecule has 0 amide bonds. The first-order valence-corrected chi connectivity index (χ1v) is 8.10. The molecule has 0 radical (unpaired) electrons. The Kier molecular flexibility index (Phi) is 4.32. The summed E-state index contributed by atoms with van der Waals surface area (Å²) >= 11 is 6.08. The fourth-order valence-electron chi connectivity index (χ4n) is 3.33. The smallest absolute Gasteiger partial charge is 0.0408 e. The molecule has 1 aliphatic rings. The lowest BCUT2D eigenvalue weighted by molar-refractivity contribution is 0.451. The molecule has 21 heavy (non-hydrogen) atoms. The maximum atomic E-state index is 6.08. The van der Waals surface area contributed by atoms with Gasteiger partial charge in [-0.1, -0.05) is 41.9 Å². The average molecular weight is 300 g/mol. The van der Waals surface area contributed by atoms with Crippen LogP contribution in [0.1, 0.15) is 41.6 Å². The normalized spacial score (nSPS) is 18.5. The van der Waals surface area contributed by atoms with Crippen LogP contribution in [0.2, 0.25) is 5.02 Å². The number of rotatable bonds is 4. The van der Waals surface area contributed by atoms with E-state index in [0.29, 0.717) is 12.1 Å². The van der Waals surface area contributed by atoms with Gasteiger partial charge < -0.3 is 5.32 Å². The van der Waals surface area contributed by atoms with Gasteiger partial charge in [-0.15, -0.1) is 0 Å². The number of hydrogen-bond acceptors (Lipinski definition) is 1. The van der Waals surface area contributed by atoms with E-state index in [1.807, 2.05) is 6.07 Å². The zero-order valence-corrected chi connectivity index (χ0v) is 13.5. The van der Waals surface area contributed by atoms with Crippen molar-refractivity contribution in [1.82, 2.24) is 5.32 Å². The van der Waals surface area contributed by atoms with Crippen molar-refractivity contribution >= 4 is 11.6 Å². The van der Waals surface area contributed by atoms with Crippen molar-refractivity contribution in [3.05, 3.63) is 69.7 Å². The lowest BCUT2D eigenvalue weighted by Gasteiger charge is -2.21. The summed E-state index contributed by atoms with van der Waals surface area (Å²) in [6.07, 6.45) is 3.38. The molecule has 2 unspecified atom stereocenters. The highest BCUT2D eigenvalue weighted by atomic mass is 35.5. The molecular weight excluding hydrogens is 278 g/mol. The number of benzene rings is 2. The average Bonchev–Trinajstić information content (AvgIpc) is 2.83. The zero-order valence-electron chi connectivity index (χ0n) is 12.7. The van der Waals surface area contributed by atoms with E-state index in [1.165, 1.54) is 28.7 Å². The standard InChI is InChI=1S/C19H22ClN/c1-13-5-3-4-6-15(13)11-14(2)21-19-10-7-16-12-17(20)8-9-18(16)19/h3-6,8-9,12,14,19,21H,7,10-11H2,1-2H3. The fraction of sp³-hybridized carbons (Fsp3) is 0.368. The Labute approximate surface area is 132 Å². The van der Waals surface area contributed by atoms with Crippen LogP contribution >= 0.6 is 11.6 Å². The first kappa shape index (κ1) is 14.6. The molecule has 2 atom stereocenters. The van der Waals surface area contributed by atoms with E-state index in [9.17, 15) is 0 Å². The maximum absolute atomic E-state index is 6.08. The molecule has 1 aliphatic carbocycles. The summed E-state index contributed by atoms with van der Waals surface area (Å²) in [6, 6.07) is 15.9. The Morgan fingerprint density at radius 2 is 2.05 bits per heavy atom. The van der Waals surface area contributed by atoms with Crippen LogP contribution in [-0.4, -0.2) is 6.04 Å². The molecule has 2 heteroatoms. The van der Waals surface area contributed by atoms with Crippen molar-refractivity contribution in [3.8, 4) is 0 Å². The third-order valence-electron chi connectivity index (χ3n) is 4.46. The van der Waals surface area contributed by atoms with Gasteiger partial charge in [0.25, 0.3) is 0 Å². The molecular formula is C19H22ClN. The number of nitrogens with one attached hydrogen (secondary N) is 1. The van der Waals surface area contributed by atoms with Gasteiger partial charge in [0.15, 0.2) is 0 Å². The molecule has 0 aromatic heterocycles. The molecule has 0 saturated heterocycles. The molecule has 0 spiro atoms. The molecule has 1 N–H and O–H groups in total. The minimum absolute atomic E-state index is 0.469. The van der Waals surface area contributed by atoms with E-state index in [1.54, 1.807) is 0 Å². The van der Waals surface area contributed by atoms with Gasteiger partial charge in [0.1, 0.15) is 0 Å². The van der Waals surface area contributed by atoms with E-state index in [4.69, 9.17) is 11.6 Å². The van der Waals surface area contributed by atoms with Gasteiger partial charge in [-0.2, -0.15) is 0 Å². The fourth-order valence-corrected chi connectivity index (χ4v) is 3.53. The molecule has 0 fully saturated rings. The van der Waals surface area contributed by atoms with Gasteiger partial charge in [0, 0.05) is 17.1 Å². The van der Waals surface area contributed by atoms with Crippen LogP contribution in [0.3, 0.4) is 0 Å². The molecule has 0 aliphatic heterocycles. The highest BCUT2D eigenvalue weighted by molar-refractivity contribution is 6.30. The van der Waals surface area contributed by atoms with Crippen LogP contribution in [0.5, 0.6) is 0 Å². The predicted molar refractivity (Wildman–Crippen MR) is 90.0 cm³/mol. The summed E-state index contributed by atoms with van der Waals surface area (Å²) in [5.41, 5.74) is 5.65. The Morgan fingerprint density at radius 3 is 2.86 bits per heavy atom. The minimum Gasteiger partial charge on any atom is -0.307 e. The van der Waals surface area contributed by atoms with Crippen molar-refractivity contribution in [2.24, 2.45) is 0 Å². The monoisotopic (exact) mass is 299 g/mol. The number of hydrogen-bond donors (Lipinski definition) is 1. The second kappa shape index (κ2) is 6.21. The summed E-state index contributed by atoms with van der Waals surface area (Å²) in [4.78, 5) is 0. The zero-order chi connectivity index (χ0) is 14.8. The highest BCUT2D eigenvalue weighted by Gasteiger charge is 2.23.